The van der Waals surface area contributed by atoms with Crippen molar-refractivity contribution in [3.8, 4) is 11.3 Å². The van der Waals surface area contributed by atoms with E-state index in [1.54, 1.807) is 0 Å². The summed E-state index contributed by atoms with van der Waals surface area (Å²) in [5.41, 5.74) is 4.41. The molecule has 4 rings (SSSR count). The van der Waals surface area contributed by atoms with Crippen LogP contribution in [0.15, 0.2) is 6.07 Å². The van der Waals surface area contributed by atoms with Crippen molar-refractivity contribution in [2.75, 3.05) is 13.1 Å². The molecule has 1 saturated carbocycles. The summed E-state index contributed by atoms with van der Waals surface area (Å²) in [7, 11) is 1.93. The standard InChI is InChI=1S/C20H29N5O/c1-13-19(14(2)24(3)23-13)17-11-18(22-21-17)20(26)25-10-9-16(12-25)15-7-5-4-6-8-15/h11,15-16H,4-10,12H2,1-3H3,(H,21,22). The largest absolute Gasteiger partial charge is 0.337 e. The molecular formula is C20H29N5O. The lowest BCUT2D eigenvalue weighted by Gasteiger charge is -2.27. The van der Waals surface area contributed by atoms with E-state index in [0.29, 0.717) is 11.6 Å². The van der Waals surface area contributed by atoms with Crippen LogP contribution in [0.2, 0.25) is 0 Å². The maximum Gasteiger partial charge on any atom is 0.271 e. The van der Waals surface area contributed by atoms with E-state index >= 15 is 0 Å². The van der Waals surface area contributed by atoms with Gasteiger partial charge in [0.05, 0.1) is 11.4 Å². The lowest BCUT2D eigenvalue weighted by molar-refractivity contribution is 0.0774. The molecule has 2 aromatic heterocycles. The Morgan fingerprint density at radius 2 is 1.92 bits per heavy atom. The molecule has 2 aromatic rings. The highest BCUT2D eigenvalue weighted by Gasteiger charge is 2.33. The predicted octanol–water partition coefficient (Wildman–Crippen LogP) is 3.47. The SMILES string of the molecule is Cc1nn(C)c(C)c1-c1cc(C(=O)N2CCC(C3CCCCC3)C2)[nH]n1. The van der Waals surface area contributed by atoms with E-state index < -0.39 is 0 Å². The van der Waals surface area contributed by atoms with Gasteiger partial charge in [-0.3, -0.25) is 14.6 Å². The summed E-state index contributed by atoms with van der Waals surface area (Å²) in [5.74, 6) is 1.59. The third-order valence-corrected chi connectivity index (χ3v) is 6.40. The molecule has 0 spiro atoms. The van der Waals surface area contributed by atoms with Crippen molar-refractivity contribution in [2.24, 2.45) is 18.9 Å². The topological polar surface area (TPSA) is 66.8 Å². The van der Waals surface area contributed by atoms with Crippen LogP contribution in [0.25, 0.3) is 11.3 Å². The van der Waals surface area contributed by atoms with Crippen molar-refractivity contribution in [3.05, 3.63) is 23.1 Å². The number of aryl methyl sites for hydroxylation is 2. The van der Waals surface area contributed by atoms with Gasteiger partial charge < -0.3 is 4.90 Å². The van der Waals surface area contributed by atoms with Gasteiger partial charge in [0.1, 0.15) is 5.69 Å². The second-order valence-corrected chi connectivity index (χ2v) is 8.03. The highest BCUT2D eigenvalue weighted by molar-refractivity contribution is 5.93. The number of aromatic nitrogens is 4. The minimum absolute atomic E-state index is 0.0845. The number of nitrogens with zero attached hydrogens (tertiary/aromatic N) is 4. The number of nitrogens with one attached hydrogen (secondary N) is 1. The molecule has 1 amide bonds. The fourth-order valence-electron chi connectivity index (χ4n) is 4.84. The van der Waals surface area contributed by atoms with Crippen LogP contribution in [0.4, 0.5) is 0 Å². The molecule has 26 heavy (non-hydrogen) atoms. The molecule has 1 N–H and O–H groups in total. The van der Waals surface area contributed by atoms with Crippen LogP contribution >= 0.6 is 0 Å². The Morgan fingerprint density at radius 3 is 2.62 bits per heavy atom. The summed E-state index contributed by atoms with van der Waals surface area (Å²) in [6, 6.07) is 1.88. The third-order valence-electron chi connectivity index (χ3n) is 6.40. The van der Waals surface area contributed by atoms with Gasteiger partial charge in [0.25, 0.3) is 5.91 Å². The number of rotatable bonds is 3. The van der Waals surface area contributed by atoms with E-state index in [1.165, 1.54) is 32.1 Å². The van der Waals surface area contributed by atoms with Crippen molar-refractivity contribution in [1.82, 2.24) is 24.9 Å². The number of hydrogen-bond donors (Lipinski definition) is 1. The Bertz CT molecular complexity index is 799. The van der Waals surface area contributed by atoms with Crippen LogP contribution in [0.5, 0.6) is 0 Å². The molecule has 1 aliphatic carbocycles. The second kappa shape index (κ2) is 6.89. The van der Waals surface area contributed by atoms with Gasteiger partial charge in [-0.05, 0) is 38.2 Å². The van der Waals surface area contributed by atoms with Crippen LogP contribution in [-0.4, -0.2) is 43.9 Å². The third kappa shape index (κ3) is 3.06. The number of H-pyrrole nitrogens is 1. The summed E-state index contributed by atoms with van der Waals surface area (Å²) >= 11 is 0. The van der Waals surface area contributed by atoms with E-state index in [-0.39, 0.29) is 5.91 Å². The van der Waals surface area contributed by atoms with Crippen LogP contribution < -0.4 is 0 Å². The minimum atomic E-state index is 0.0845. The van der Waals surface area contributed by atoms with Gasteiger partial charge in [-0.1, -0.05) is 32.1 Å². The molecule has 0 aromatic carbocycles. The predicted molar refractivity (Wildman–Crippen MR) is 101 cm³/mol. The van der Waals surface area contributed by atoms with Gasteiger partial charge in [-0.2, -0.15) is 10.2 Å². The van der Waals surface area contributed by atoms with Gasteiger partial charge in [0, 0.05) is 31.4 Å². The molecule has 0 bridgehead atoms. The number of carbonyl (C=O) groups is 1. The van der Waals surface area contributed by atoms with Crippen molar-refractivity contribution in [3.63, 3.8) is 0 Å². The van der Waals surface area contributed by atoms with Gasteiger partial charge in [-0.25, -0.2) is 0 Å². The van der Waals surface area contributed by atoms with E-state index in [2.05, 4.69) is 15.3 Å². The molecule has 1 aliphatic heterocycles. The van der Waals surface area contributed by atoms with E-state index in [9.17, 15) is 4.79 Å². The average molecular weight is 355 g/mol. The number of aromatic amines is 1. The molecule has 1 atom stereocenters. The molecule has 1 saturated heterocycles. The van der Waals surface area contributed by atoms with E-state index in [1.807, 2.05) is 36.5 Å². The Kier molecular flexibility index (Phi) is 4.59. The van der Waals surface area contributed by atoms with E-state index in [4.69, 9.17) is 0 Å². The average Bonchev–Trinajstić information content (AvgIpc) is 3.36. The van der Waals surface area contributed by atoms with Crippen molar-refractivity contribution in [2.45, 2.75) is 52.4 Å². The van der Waals surface area contributed by atoms with Crippen molar-refractivity contribution >= 4 is 5.91 Å². The molecule has 6 nitrogen and oxygen atoms in total. The van der Waals surface area contributed by atoms with Crippen LogP contribution in [0, 0.1) is 25.7 Å². The summed E-state index contributed by atoms with van der Waals surface area (Å²) < 4.78 is 1.86. The zero-order valence-corrected chi connectivity index (χ0v) is 16.1. The Balaban J connectivity index is 1.47. The number of likely N-dealkylation sites (tertiary alicyclic amines) is 1. The summed E-state index contributed by atoms with van der Waals surface area (Å²) in [6.45, 7) is 5.79. The zero-order valence-electron chi connectivity index (χ0n) is 16.1. The Labute approximate surface area is 155 Å². The molecule has 2 aliphatic rings. The maximum atomic E-state index is 12.9. The summed E-state index contributed by atoms with van der Waals surface area (Å²) in [4.78, 5) is 14.9. The normalized spacial score (nSPS) is 21.5. The first kappa shape index (κ1) is 17.3. The first-order valence-corrected chi connectivity index (χ1v) is 9.90. The number of amides is 1. The minimum Gasteiger partial charge on any atom is -0.337 e. The quantitative estimate of drug-likeness (QED) is 0.917. The first-order valence-electron chi connectivity index (χ1n) is 9.90. The van der Waals surface area contributed by atoms with Crippen LogP contribution in [0.1, 0.15) is 60.4 Å². The smallest absolute Gasteiger partial charge is 0.271 e. The van der Waals surface area contributed by atoms with Gasteiger partial charge in [0.15, 0.2) is 0 Å². The maximum absolute atomic E-state index is 12.9. The molecule has 140 valence electrons. The first-order chi connectivity index (χ1) is 12.5. The fraction of sp³-hybridized carbons (Fsp3) is 0.650. The summed E-state index contributed by atoms with van der Waals surface area (Å²) in [5, 5.41) is 11.8. The molecule has 0 radical (unpaired) electrons. The van der Waals surface area contributed by atoms with Gasteiger partial charge in [0.2, 0.25) is 0 Å². The van der Waals surface area contributed by atoms with Crippen LogP contribution in [-0.2, 0) is 7.05 Å². The monoisotopic (exact) mass is 355 g/mol. The molecule has 6 heteroatoms. The zero-order chi connectivity index (χ0) is 18.3. The molecule has 1 unspecified atom stereocenters. The molecule has 3 heterocycles. The van der Waals surface area contributed by atoms with Crippen molar-refractivity contribution < 1.29 is 4.79 Å². The molecular weight excluding hydrogens is 326 g/mol. The number of carbonyl (C=O) groups excluding carboxylic acids is 1. The van der Waals surface area contributed by atoms with E-state index in [0.717, 1.165) is 48.1 Å². The van der Waals surface area contributed by atoms with Crippen molar-refractivity contribution in [1.29, 1.82) is 0 Å². The lowest BCUT2D eigenvalue weighted by atomic mass is 9.80. The fourth-order valence-corrected chi connectivity index (χ4v) is 4.84. The Morgan fingerprint density at radius 1 is 1.15 bits per heavy atom. The second-order valence-electron chi connectivity index (χ2n) is 8.03. The molecule has 2 fully saturated rings. The Hall–Kier alpha value is -2.11. The van der Waals surface area contributed by atoms with Gasteiger partial charge >= 0.3 is 0 Å². The van der Waals surface area contributed by atoms with Crippen LogP contribution in [0.3, 0.4) is 0 Å². The number of hydrogen-bond acceptors (Lipinski definition) is 3. The highest BCUT2D eigenvalue weighted by atomic mass is 16.2. The lowest BCUT2D eigenvalue weighted by Crippen LogP contribution is -2.30. The highest BCUT2D eigenvalue weighted by Crippen LogP contribution is 2.35. The van der Waals surface area contributed by atoms with Gasteiger partial charge in [-0.15, -0.1) is 0 Å². The summed E-state index contributed by atoms with van der Waals surface area (Å²) in [6.07, 6.45) is 7.96.